The molecule has 1 aromatic carbocycles. The van der Waals surface area contributed by atoms with Crippen molar-refractivity contribution < 1.29 is 14.3 Å². The normalized spacial score (nSPS) is 39.0. The van der Waals surface area contributed by atoms with Gasteiger partial charge in [0.25, 0.3) is 0 Å². The first-order chi connectivity index (χ1) is 10.3. The molecule has 2 saturated heterocycles. The monoisotopic (exact) mass is 297 g/mol. The van der Waals surface area contributed by atoms with Gasteiger partial charge in [-0.1, -0.05) is 18.2 Å². The van der Waals surface area contributed by atoms with Crippen LogP contribution in [0.3, 0.4) is 0 Å². The summed E-state index contributed by atoms with van der Waals surface area (Å²) in [4.78, 5) is 27.2. The molecule has 0 N–H and O–H groups in total. The van der Waals surface area contributed by atoms with Gasteiger partial charge in [-0.25, -0.2) is 4.90 Å². The summed E-state index contributed by atoms with van der Waals surface area (Å²) in [5.74, 6) is -1.13. The fraction of sp³-hybridized carbons (Fsp3) is 0.444. The average Bonchev–Trinajstić information content (AvgIpc) is 2.99. The van der Waals surface area contributed by atoms with E-state index in [9.17, 15) is 9.59 Å². The SMILES string of the molecule is Cc1ccc(N2C(=O)[C@@H]3[C@H](C2=O)[C@]2(C)C=C[C@]3(C)O2)cc1C. The highest BCUT2D eigenvalue weighted by atomic mass is 16.5. The predicted molar refractivity (Wildman–Crippen MR) is 82.4 cm³/mol. The first kappa shape index (κ1) is 13.7. The lowest BCUT2D eigenvalue weighted by Crippen LogP contribution is -2.39. The molecule has 4 nitrogen and oxygen atoms in total. The van der Waals surface area contributed by atoms with E-state index >= 15 is 0 Å². The maximum absolute atomic E-state index is 12.9. The molecule has 4 atom stereocenters. The molecule has 0 radical (unpaired) electrons. The molecule has 114 valence electrons. The molecule has 0 saturated carbocycles. The Kier molecular flexibility index (Phi) is 2.41. The lowest BCUT2D eigenvalue weighted by molar-refractivity contribution is -0.128. The van der Waals surface area contributed by atoms with Gasteiger partial charge in [0.1, 0.15) is 0 Å². The van der Waals surface area contributed by atoms with Gasteiger partial charge < -0.3 is 4.74 Å². The number of benzene rings is 1. The van der Waals surface area contributed by atoms with E-state index in [0.717, 1.165) is 11.1 Å². The Bertz CT molecular complexity index is 717. The Balaban J connectivity index is 1.81. The van der Waals surface area contributed by atoms with Crippen molar-refractivity contribution in [1.29, 1.82) is 0 Å². The van der Waals surface area contributed by atoms with Crippen LogP contribution in [-0.4, -0.2) is 23.0 Å². The fourth-order valence-corrected chi connectivity index (χ4v) is 4.15. The van der Waals surface area contributed by atoms with Crippen LogP contribution < -0.4 is 4.90 Å². The zero-order valence-corrected chi connectivity index (χ0v) is 13.2. The Labute approximate surface area is 129 Å². The van der Waals surface area contributed by atoms with E-state index in [-0.39, 0.29) is 11.8 Å². The van der Waals surface area contributed by atoms with E-state index in [1.165, 1.54) is 4.90 Å². The Morgan fingerprint density at radius 1 is 0.955 bits per heavy atom. The van der Waals surface area contributed by atoms with Crippen LogP contribution in [0.2, 0.25) is 0 Å². The van der Waals surface area contributed by atoms with E-state index in [1.807, 2.05) is 58.0 Å². The molecule has 3 aliphatic rings. The van der Waals surface area contributed by atoms with E-state index < -0.39 is 23.0 Å². The standard InChI is InChI=1S/C18H19NO3/c1-10-5-6-12(9-11(10)2)19-15(20)13-14(16(19)21)18(4)8-7-17(13,3)22-18/h5-9,13-14H,1-4H3/t13-,14+,17-,18-/m0/s1. The smallest absolute Gasteiger partial charge is 0.241 e. The molecular weight excluding hydrogens is 278 g/mol. The third-order valence-electron chi connectivity index (χ3n) is 5.47. The second-order valence-electron chi connectivity index (χ2n) is 7.04. The van der Waals surface area contributed by atoms with Crippen LogP contribution in [0.5, 0.6) is 0 Å². The van der Waals surface area contributed by atoms with E-state index in [1.54, 1.807) is 0 Å². The number of carbonyl (C=O) groups excluding carboxylic acids is 2. The van der Waals surface area contributed by atoms with Crippen LogP contribution in [0.15, 0.2) is 30.4 Å². The second-order valence-corrected chi connectivity index (χ2v) is 7.04. The van der Waals surface area contributed by atoms with Crippen LogP contribution >= 0.6 is 0 Å². The lowest BCUT2D eigenvalue weighted by Gasteiger charge is -2.25. The van der Waals surface area contributed by atoms with Gasteiger partial charge in [0.2, 0.25) is 11.8 Å². The van der Waals surface area contributed by atoms with Crippen LogP contribution in [0.4, 0.5) is 5.69 Å². The molecule has 1 aromatic rings. The Hall–Kier alpha value is -1.94. The van der Waals surface area contributed by atoms with Crippen molar-refractivity contribution in [3.63, 3.8) is 0 Å². The number of hydrogen-bond donors (Lipinski definition) is 0. The second kappa shape index (κ2) is 3.87. The first-order valence-corrected chi connectivity index (χ1v) is 7.62. The Morgan fingerprint density at radius 3 is 2.00 bits per heavy atom. The van der Waals surface area contributed by atoms with Gasteiger partial charge in [0.05, 0.1) is 28.7 Å². The van der Waals surface area contributed by atoms with Crippen LogP contribution in [0.1, 0.15) is 25.0 Å². The minimum absolute atomic E-state index is 0.145. The number of imide groups is 1. The number of nitrogens with zero attached hydrogens (tertiary/aromatic N) is 1. The summed E-state index contributed by atoms with van der Waals surface area (Å²) in [7, 11) is 0. The molecule has 2 bridgehead atoms. The molecular formula is C18H19NO3. The third-order valence-corrected chi connectivity index (χ3v) is 5.47. The summed E-state index contributed by atoms with van der Waals surface area (Å²) >= 11 is 0. The molecule has 4 rings (SSSR count). The highest BCUT2D eigenvalue weighted by molar-refractivity contribution is 6.23. The van der Waals surface area contributed by atoms with Gasteiger partial charge in [-0.3, -0.25) is 9.59 Å². The highest BCUT2D eigenvalue weighted by Gasteiger charge is 2.70. The first-order valence-electron chi connectivity index (χ1n) is 7.62. The van der Waals surface area contributed by atoms with Crippen molar-refractivity contribution in [2.75, 3.05) is 4.90 Å². The lowest BCUT2D eigenvalue weighted by atomic mass is 9.73. The molecule has 22 heavy (non-hydrogen) atoms. The minimum atomic E-state index is -0.666. The zero-order valence-electron chi connectivity index (χ0n) is 13.2. The van der Waals surface area contributed by atoms with Crippen LogP contribution in [0, 0.1) is 25.7 Å². The molecule has 4 heteroatoms. The van der Waals surface area contributed by atoms with Gasteiger partial charge in [-0.15, -0.1) is 0 Å². The van der Waals surface area contributed by atoms with E-state index in [4.69, 9.17) is 4.74 Å². The number of anilines is 1. The molecule has 0 unspecified atom stereocenters. The molecule has 0 aliphatic carbocycles. The van der Waals surface area contributed by atoms with Crippen LogP contribution in [0.25, 0.3) is 0 Å². The number of ether oxygens (including phenoxy) is 1. The maximum atomic E-state index is 12.9. The summed E-state index contributed by atoms with van der Waals surface area (Å²) in [6.07, 6.45) is 3.87. The highest BCUT2D eigenvalue weighted by Crippen LogP contribution is 2.57. The summed E-state index contributed by atoms with van der Waals surface area (Å²) in [5, 5.41) is 0. The number of hydrogen-bond acceptors (Lipinski definition) is 3. The van der Waals surface area contributed by atoms with Gasteiger partial charge in [-0.2, -0.15) is 0 Å². The fourth-order valence-electron chi connectivity index (χ4n) is 4.15. The number of rotatable bonds is 1. The summed E-state index contributed by atoms with van der Waals surface area (Å²) < 4.78 is 6.00. The molecule has 2 amide bonds. The predicted octanol–water partition coefficient (Wildman–Crippen LogP) is 2.53. The van der Waals surface area contributed by atoms with Crippen molar-refractivity contribution >= 4 is 17.5 Å². The molecule has 3 heterocycles. The van der Waals surface area contributed by atoms with E-state index in [2.05, 4.69) is 0 Å². The summed E-state index contributed by atoms with van der Waals surface area (Å²) in [5.41, 5.74) is 1.55. The summed E-state index contributed by atoms with van der Waals surface area (Å²) in [6, 6.07) is 5.71. The molecule has 0 aromatic heterocycles. The van der Waals surface area contributed by atoms with Crippen LogP contribution in [-0.2, 0) is 14.3 Å². The average molecular weight is 297 g/mol. The molecule has 3 aliphatic heterocycles. The van der Waals surface area contributed by atoms with Crippen molar-refractivity contribution in [2.45, 2.75) is 38.9 Å². The van der Waals surface area contributed by atoms with E-state index in [0.29, 0.717) is 5.69 Å². The Morgan fingerprint density at radius 2 is 1.50 bits per heavy atom. The summed E-state index contributed by atoms with van der Waals surface area (Å²) in [6.45, 7) is 7.80. The largest absolute Gasteiger partial charge is 0.359 e. The van der Waals surface area contributed by atoms with Gasteiger partial charge in [0, 0.05) is 0 Å². The van der Waals surface area contributed by atoms with Gasteiger partial charge in [0.15, 0.2) is 0 Å². The number of fused-ring (bicyclic) bond motifs is 5. The van der Waals surface area contributed by atoms with Crippen molar-refractivity contribution in [3.05, 3.63) is 41.5 Å². The number of carbonyl (C=O) groups is 2. The minimum Gasteiger partial charge on any atom is -0.359 e. The maximum Gasteiger partial charge on any atom is 0.241 e. The van der Waals surface area contributed by atoms with Gasteiger partial charge in [-0.05, 0) is 51.0 Å². The zero-order chi connectivity index (χ0) is 15.9. The van der Waals surface area contributed by atoms with Crippen molar-refractivity contribution in [1.82, 2.24) is 0 Å². The van der Waals surface area contributed by atoms with Crippen molar-refractivity contribution in [3.8, 4) is 0 Å². The molecule has 0 spiro atoms. The number of aryl methyl sites for hydroxylation is 2. The quantitative estimate of drug-likeness (QED) is 0.591. The molecule has 2 fully saturated rings. The van der Waals surface area contributed by atoms with Crippen molar-refractivity contribution in [2.24, 2.45) is 11.8 Å². The van der Waals surface area contributed by atoms with Gasteiger partial charge >= 0.3 is 0 Å². The number of amides is 2. The third kappa shape index (κ3) is 1.46. The topological polar surface area (TPSA) is 46.6 Å².